The fourth-order valence-corrected chi connectivity index (χ4v) is 2.97. The van der Waals surface area contributed by atoms with Crippen molar-refractivity contribution < 1.29 is 20.1 Å². The second-order valence-electron chi connectivity index (χ2n) is 5.90. The van der Waals surface area contributed by atoms with Crippen molar-refractivity contribution in [3.63, 3.8) is 0 Å². The molecule has 2 aromatic rings. The zero-order chi connectivity index (χ0) is 16.4. The van der Waals surface area contributed by atoms with Gasteiger partial charge in [-0.3, -0.25) is 0 Å². The Morgan fingerprint density at radius 3 is 2.39 bits per heavy atom. The molecule has 1 heterocycles. The standard InChI is InChI=1S/C18H21NO4/c19-14-6-2-4-12(8-14)11-3-1-5-13(7-11)18-16(22)9-15(21)17(10-20)23-18/h1-8,15-18,20-22H,9-10,19H2/t15-,16-,17+,18+/m0/s1. The number of hydrogen-bond acceptors (Lipinski definition) is 5. The van der Waals surface area contributed by atoms with E-state index in [0.29, 0.717) is 5.69 Å². The van der Waals surface area contributed by atoms with Crippen molar-refractivity contribution in [3.05, 3.63) is 54.1 Å². The van der Waals surface area contributed by atoms with E-state index in [1.54, 1.807) is 0 Å². The number of rotatable bonds is 3. The van der Waals surface area contributed by atoms with E-state index >= 15 is 0 Å². The summed E-state index contributed by atoms with van der Waals surface area (Å²) in [5, 5.41) is 29.3. The van der Waals surface area contributed by atoms with Crippen LogP contribution in [0.2, 0.25) is 0 Å². The van der Waals surface area contributed by atoms with Gasteiger partial charge >= 0.3 is 0 Å². The number of anilines is 1. The summed E-state index contributed by atoms with van der Waals surface area (Å²) in [5.41, 5.74) is 9.28. The molecule has 4 atom stereocenters. The summed E-state index contributed by atoms with van der Waals surface area (Å²) in [6.07, 6.45) is -2.75. The quantitative estimate of drug-likeness (QED) is 0.644. The van der Waals surface area contributed by atoms with Gasteiger partial charge in [-0.05, 0) is 34.9 Å². The SMILES string of the molecule is Nc1cccc(-c2cccc([C@H]3O[C@H](CO)[C@@H](O)C[C@@H]3O)c2)c1. The minimum Gasteiger partial charge on any atom is -0.399 e. The second-order valence-corrected chi connectivity index (χ2v) is 5.90. The van der Waals surface area contributed by atoms with Gasteiger partial charge in [0.15, 0.2) is 0 Å². The van der Waals surface area contributed by atoms with E-state index in [-0.39, 0.29) is 13.0 Å². The number of hydrogen-bond donors (Lipinski definition) is 4. The first-order valence-electron chi connectivity index (χ1n) is 7.67. The van der Waals surface area contributed by atoms with Gasteiger partial charge in [-0.15, -0.1) is 0 Å². The first-order valence-corrected chi connectivity index (χ1v) is 7.67. The van der Waals surface area contributed by atoms with Gasteiger partial charge in [0.2, 0.25) is 0 Å². The molecule has 0 amide bonds. The predicted molar refractivity (Wildman–Crippen MR) is 87.6 cm³/mol. The van der Waals surface area contributed by atoms with Crippen LogP contribution in [0.5, 0.6) is 0 Å². The Balaban J connectivity index is 1.90. The van der Waals surface area contributed by atoms with Crippen LogP contribution < -0.4 is 5.73 Å². The van der Waals surface area contributed by atoms with Crippen molar-refractivity contribution in [1.29, 1.82) is 0 Å². The first kappa shape index (κ1) is 16.0. The molecule has 23 heavy (non-hydrogen) atoms. The van der Waals surface area contributed by atoms with Gasteiger partial charge in [0, 0.05) is 12.1 Å². The molecule has 1 saturated heterocycles. The number of nitrogen functional groups attached to an aromatic ring is 1. The zero-order valence-electron chi connectivity index (χ0n) is 12.7. The maximum atomic E-state index is 10.2. The van der Waals surface area contributed by atoms with E-state index in [2.05, 4.69) is 0 Å². The van der Waals surface area contributed by atoms with Crippen molar-refractivity contribution in [3.8, 4) is 11.1 Å². The third kappa shape index (κ3) is 3.38. The Labute approximate surface area is 135 Å². The van der Waals surface area contributed by atoms with Crippen molar-refractivity contribution in [2.24, 2.45) is 0 Å². The fourth-order valence-electron chi connectivity index (χ4n) is 2.97. The molecule has 5 nitrogen and oxygen atoms in total. The molecule has 0 aromatic heterocycles. The summed E-state index contributed by atoms with van der Waals surface area (Å²) in [6, 6.07) is 15.2. The summed E-state index contributed by atoms with van der Waals surface area (Å²) in [6.45, 7) is -0.278. The molecule has 2 aromatic carbocycles. The highest BCUT2D eigenvalue weighted by Crippen LogP contribution is 2.34. The lowest BCUT2D eigenvalue weighted by Gasteiger charge is -2.36. The topological polar surface area (TPSA) is 95.9 Å². The largest absolute Gasteiger partial charge is 0.399 e. The number of nitrogens with two attached hydrogens (primary N) is 1. The van der Waals surface area contributed by atoms with E-state index in [4.69, 9.17) is 10.5 Å². The molecule has 5 heteroatoms. The van der Waals surface area contributed by atoms with Crippen LogP contribution in [-0.2, 0) is 4.74 Å². The minimum atomic E-state index is -0.858. The Bertz CT molecular complexity index is 676. The Morgan fingerprint density at radius 2 is 1.70 bits per heavy atom. The van der Waals surface area contributed by atoms with Crippen molar-refractivity contribution >= 4 is 5.69 Å². The lowest BCUT2D eigenvalue weighted by atomic mass is 9.92. The maximum absolute atomic E-state index is 10.2. The van der Waals surface area contributed by atoms with E-state index in [1.165, 1.54) is 0 Å². The average Bonchev–Trinajstić information content (AvgIpc) is 2.55. The first-order chi connectivity index (χ1) is 11.1. The van der Waals surface area contributed by atoms with Crippen molar-refractivity contribution in [1.82, 2.24) is 0 Å². The Kier molecular flexibility index (Phi) is 4.63. The summed E-state index contributed by atoms with van der Waals surface area (Å²) >= 11 is 0. The highest BCUT2D eigenvalue weighted by atomic mass is 16.5. The van der Waals surface area contributed by atoms with Gasteiger partial charge in [-0.2, -0.15) is 0 Å². The van der Waals surface area contributed by atoms with Crippen LogP contribution in [0.3, 0.4) is 0 Å². The summed E-state index contributed by atoms with van der Waals surface area (Å²) in [7, 11) is 0. The molecule has 5 N–H and O–H groups in total. The van der Waals surface area contributed by atoms with Gasteiger partial charge in [0.05, 0.1) is 18.8 Å². The third-order valence-corrected chi connectivity index (χ3v) is 4.20. The summed E-state index contributed by atoms with van der Waals surface area (Å²) < 4.78 is 5.69. The Morgan fingerprint density at radius 1 is 1.00 bits per heavy atom. The highest BCUT2D eigenvalue weighted by Gasteiger charge is 2.36. The molecule has 0 spiro atoms. The molecular weight excluding hydrogens is 294 g/mol. The molecule has 1 aliphatic heterocycles. The lowest BCUT2D eigenvalue weighted by molar-refractivity contribution is -0.181. The van der Waals surface area contributed by atoms with Gasteiger partial charge in [0.25, 0.3) is 0 Å². The molecule has 0 aliphatic carbocycles. The normalized spacial score (nSPS) is 27.8. The second kappa shape index (κ2) is 6.68. The number of benzene rings is 2. The fraction of sp³-hybridized carbons (Fsp3) is 0.333. The number of aliphatic hydroxyl groups excluding tert-OH is 3. The van der Waals surface area contributed by atoms with Gasteiger partial charge in [0.1, 0.15) is 12.2 Å². The van der Waals surface area contributed by atoms with E-state index in [1.807, 2.05) is 48.5 Å². The van der Waals surface area contributed by atoms with Crippen LogP contribution in [0.4, 0.5) is 5.69 Å². The highest BCUT2D eigenvalue weighted by molar-refractivity contribution is 5.67. The monoisotopic (exact) mass is 315 g/mol. The summed E-state index contributed by atoms with van der Waals surface area (Å²) in [5.74, 6) is 0. The van der Waals surface area contributed by atoms with Crippen LogP contribution >= 0.6 is 0 Å². The van der Waals surface area contributed by atoms with E-state index < -0.39 is 24.4 Å². The minimum absolute atomic E-state index is 0.179. The predicted octanol–water partition coefficient (Wildman–Crippen LogP) is 1.48. The molecule has 0 unspecified atom stereocenters. The smallest absolute Gasteiger partial charge is 0.109 e. The molecule has 0 saturated carbocycles. The molecule has 1 fully saturated rings. The van der Waals surface area contributed by atoms with Gasteiger partial charge in [-0.25, -0.2) is 0 Å². The van der Waals surface area contributed by atoms with E-state index in [0.717, 1.165) is 16.7 Å². The zero-order valence-corrected chi connectivity index (χ0v) is 12.7. The van der Waals surface area contributed by atoms with Gasteiger partial charge in [-0.1, -0.05) is 30.3 Å². The molecule has 3 rings (SSSR count). The van der Waals surface area contributed by atoms with Crippen LogP contribution in [0.25, 0.3) is 11.1 Å². The van der Waals surface area contributed by atoms with Crippen LogP contribution in [0.15, 0.2) is 48.5 Å². The lowest BCUT2D eigenvalue weighted by Crippen LogP contribution is -2.44. The number of ether oxygens (including phenoxy) is 1. The van der Waals surface area contributed by atoms with Gasteiger partial charge < -0.3 is 25.8 Å². The van der Waals surface area contributed by atoms with Crippen molar-refractivity contribution in [2.75, 3.05) is 12.3 Å². The summed E-state index contributed by atoms with van der Waals surface area (Å²) in [4.78, 5) is 0. The molecule has 0 radical (unpaired) electrons. The molecular formula is C18H21NO4. The molecule has 0 bridgehead atoms. The van der Waals surface area contributed by atoms with Crippen LogP contribution in [0.1, 0.15) is 18.1 Å². The van der Waals surface area contributed by atoms with Crippen molar-refractivity contribution in [2.45, 2.75) is 30.8 Å². The molecule has 122 valence electrons. The number of aliphatic hydroxyl groups is 3. The third-order valence-electron chi connectivity index (χ3n) is 4.20. The van der Waals surface area contributed by atoms with E-state index in [9.17, 15) is 15.3 Å². The van der Waals surface area contributed by atoms with Crippen LogP contribution in [-0.4, -0.2) is 40.2 Å². The average molecular weight is 315 g/mol. The Hall–Kier alpha value is -1.92. The maximum Gasteiger partial charge on any atom is 0.109 e. The van der Waals surface area contributed by atoms with Crippen LogP contribution in [0, 0.1) is 0 Å². The molecule has 1 aliphatic rings.